The molecule has 0 aliphatic carbocycles. The lowest BCUT2D eigenvalue weighted by molar-refractivity contribution is -0.385. The Morgan fingerprint density at radius 1 is 1.42 bits per heavy atom. The highest BCUT2D eigenvalue weighted by Gasteiger charge is 2.16. The summed E-state index contributed by atoms with van der Waals surface area (Å²) in [7, 11) is 0. The molecule has 3 rings (SSSR count). The number of aryl methyl sites for hydroxylation is 1. The summed E-state index contributed by atoms with van der Waals surface area (Å²) in [4.78, 5) is 17.6. The van der Waals surface area contributed by atoms with Crippen molar-refractivity contribution < 1.29 is 10.0 Å². The van der Waals surface area contributed by atoms with Crippen LogP contribution in [0.1, 0.15) is 17.0 Å². The van der Waals surface area contributed by atoms with E-state index in [0.717, 1.165) is 11.1 Å². The number of phenolic OH excluding ortho intramolecular Hbond substituents is 1. The van der Waals surface area contributed by atoms with E-state index in [-0.39, 0.29) is 11.1 Å². The van der Waals surface area contributed by atoms with Crippen molar-refractivity contribution >= 4 is 28.4 Å². The van der Waals surface area contributed by atoms with E-state index in [1.54, 1.807) is 0 Å². The van der Waals surface area contributed by atoms with Crippen LogP contribution in [0.15, 0.2) is 36.4 Å². The zero-order chi connectivity index (χ0) is 17.3. The molecule has 118 valence electrons. The summed E-state index contributed by atoms with van der Waals surface area (Å²) in [5.74, 6) is -0.147. The predicted molar refractivity (Wildman–Crippen MR) is 89.1 cm³/mol. The van der Waals surface area contributed by atoms with Gasteiger partial charge in [0.15, 0.2) is 0 Å². The lowest BCUT2D eigenvalue weighted by Crippen LogP contribution is -1.90. The lowest BCUT2D eigenvalue weighted by atomic mass is 10.1. The zero-order valence-corrected chi connectivity index (χ0v) is 12.6. The Hall–Kier alpha value is -3.66. The van der Waals surface area contributed by atoms with E-state index in [9.17, 15) is 20.5 Å². The predicted octanol–water partition coefficient (Wildman–Crippen LogP) is 3.55. The largest absolute Gasteiger partial charge is 0.502 e. The van der Waals surface area contributed by atoms with Crippen molar-refractivity contribution in [2.24, 2.45) is 0 Å². The van der Waals surface area contributed by atoms with Gasteiger partial charge in [0.25, 0.3) is 0 Å². The molecule has 1 heterocycles. The van der Waals surface area contributed by atoms with Gasteiger partial charge in [0.2, 0.25) is 5.75 Å². The second-order valence-corrected chi connectivity index (χ2v) is 5.25. The van der Waals surface area contributed by atoms with Gasteiger partial charge in [-0.2, -0.15) is 5.26 Å². The number of benzene rings is 2. The Balaban J connectivity index is 2.11. The van der Waals surface area contributed by atoms with Crippen LogP contribution < -0.4 is 0 Å². The molecule has 7 heteroatoms. The maximum Gasteiger partial charge on any atom is 0.311 e. The van der Waals surface area contributed by atoms with Gasteiger partial charge in [0, 0.05) is 11.6 Å². The molecule has 3 aromatic rings. The number of hydrogen-bond donors (Lipinski definition) is 2. The molecule has 0 radical (unpaired) electrons. The summed E-state index contributed by atoms with van der Waals surface area (Å²) in [6.07, 6.45) is 1.37. The molecule has 2 aromatic carbocycles. The quantitative estimate of drug-likeness (QED) is 0.435. The number of aromatic nitrogens is 2. The number of nitrogens with one attached hydrogen (secondary N) is 1. The van der Waals surface area contributed by atoms with Crippen LogP contribution in [0.4, 0.5) is 5.69 Å². The number of allylic oxidation sites excluding steroid dienone is 1. The normalized spacial score (nSPS) is 11.4. The number of hydrogen-bond acceptors (Lipinski definition) is 5. The van der Waals surface area contributed by atoms with Gasteiger partial charge in [0.05, 0.1) is 21.5 Å². The standard InChI is InChI=1S/C17H12N4O3/c1-10-5-6-13-14(7-10)20-17(19-13)12(9-18)8-11-3-2-4-15(16(11)22)21(23)24/h2-8,22H,1H3,(H,19,20)/b12-8+. The van der Waals surface area contributed by atoms with Gasteiger partial charge in [-0.15, -0.1) is 0 Å². The molecule has 0 amide bonds. The first-order chi connectivity index (χ1) is 11.5. The molecule has 0 saturated heterocycles. The molecule has 0 spiro atoms. The minimum absolute atomic E-state index is 0.166. The third-order valence-electron chi connectivity index (χ3n) is 3.56. The van der Waals surface area contributed by atoms with Crippen LogP contribution >= 0.6 is 0 Å². The molecule has 0 unspecified atom stereocenters. The average molecular weight is 320 g/mol. The average Bonchev–Trinajstić information content (AvgIpc) is 2.96. The SMILES string of the molecule is Cc1ccc2nc(/C(C#N)=C/c3cccc([N+](=O)[O-])c3O)[nH]c2c1. The molecule has 1 aromatic heterocycles. The van der Waals surface area contributed by atoms with Crippen LogP contribution in [-0.2, 0) is 0 Å². The lowest BCUT2D eigenvalue weighted by Gasteiger charge is -2.00. The fourth-order valence-corrected chi connectivity index (χ4v) is 2.37. The van der Waals surface area contributed by atoms with Crippen molar-refractivity contribution in [3.63, 3.8) is 0 Å². The molecule has 0 atom stereocenters. The highest BCUT2D eigenvalue weighted by molar-refractivity contribution is 5.91. The highest BCUT2D eigenvalue weighted by Crippen LogP contribution is 2.32. The van der Waals surface area contributed by atoms with Crippen LogP contribution in [0.2, 0.25) is 0 Å². The van der Waals surface area contributed by atoms with E-state index < -0.39 is 16.4 Å². The van der Waals surface area contributed by atoms with Crippen LogP contribution in [0, 0.1) is 28.4 Å². The van der Waals surface area contributed by atoms with Crippen molar-refractivity contribution in [3.05, 3.63) is 63.5 Å². The number of aromatic amines is 1. The Bertz CT molecular complexity index is 1030. The third kappa shape index (κ3) is 2.68. The Labute approximate surface area is 136 Å². The fourth-order valence-electron chi connectivity index (χ4n) is 2.37. The van der Waals surface area contributed by atoms with E-state index in [0.29, 0.717) is 11.3 Å². The first kappa shape index (κ1) is 15.2. The number of rotatable bonds is 3. The summed E-state index contributed by atoms with van der Waals surface area (Å²) >= 11 is 0. The number of aromatic hydroxyl groups is 1. The molecule has 0 fully saturated rings. The first-order valence-electron chi connectivity index (χ1n) is 7.04. The number of H-pyrrole nitrogens is 1. The Kier molecular flexibility index (Phi) is 3.72. The number of nitriles is 1. The van der Waals surface area contributed by atoms with E-state index in [4.69, 9.17) is 0 Å². The topological polar surface area (TPSA) is 116 Å². The van der Waals surface area contributed by atoms with Gasteiger partial charge in [-0.25, -0.2) is 4.98 Å². The second-order valence-electron chi connectivity index (χ2n) is 5.25. The molecular formula is C17H12N4O3. The van der Waals surface area contributed by atoms with Crippen molar-refractivity contribution in [1.82, 2.24) is 9.97 Å². The smallest absolute Gasteiger partial charge is 0.311 e. The number of imidazole rings is 1. The van der Waals surface area contributed by atoms with Crippen molar-refractivity contribution in [1.29, 1.82) is 5.26 Å². The van der Waals surface area contributed by atoms with Crippen LogP contribution in [0.25, 0.3) is 22.7 Å². The molecule has 24 heavy (non-hydrogen) atoms. The molecular weight excluding hydrogens is 308 g/mol. The summed E-state index contributed by atoms with van der Waals surface area (Å²) in [5, 5.41) is 30.3. The van der Waals surface area contributed by atoms with Crippen molar-refractivity contribution in [3.8, 4) is 11.8 Å². The van der Waals surface area contributed by atoms with E-state index in [1.165, 1.54) is 24.3 Å². The zero-order valence-electron chi connectivity index (χ0n) is 12.6. The number of fused-ring (bicyclic) bond motifs is 1. The summed E-state index contributed by atoms with van der Waals surface area (Å²) < 4.78 is 0. The summed E-state index contributed by atoms with van der Waals surface area (Å²) in [5.41, 5.74) is 2.48. The second kappa shape index (κ2) is 5.85. The molecule has 0 saturated carbocycles. The summed E-state index contributed by atoms with van der Waals surface area (Å²) in [6, 6.07) is 11.8. The molecule has 2 N–H and O–H groups in total. The minimum atomic E-state index is -0.678. The molecule has 7 nitrogen and oxygen atoms in total. The van der Waals surface area contributed by atoms with E-state index in [1.807, 2.05) is 31.2 Å². The molecule has 0 bridgehead atoms. The van der Waals surface area contributed by atoms with Gasteiger partial charge >= 0.3 is 5.69 Å². The van der Waals surface area contributed by atoms with Gasteiger partial charge in [-0.3, -0.25) is 10.1 Å². The minimum Gasteiger partial charge on any atom is -0.502 e. The van der Waals surface area contributed by atoms with Gasteiger partial charge in [-0.1, -0.05) is 18.2 Å². The number of nitrogens with zero attached hydrogens (tertiary/aromatic N) is 3. The van der Waals surface area contributed by atoms with Crippen molar-refractivity contribution in [2.75, 3.05) is 0 Å². The van der Waals surface area contributed by atoms with E-state index >= 15 is 0 Å². The molecule has 0 aliphatic rings. The van der Waals surface area contributed by atoms with Crippen LogP contribution in [0.3, 0.4) is 0 Å². The maximum absolute atomic E-state index is 10.9. The number of nitro benzene ring substituents is 1. The maximum atomic E-state index is 10.9. The van der Waals surface area contributed by atoms with Gasteiger partial charge in [0.1, 0.15) is 11.9 Å². The van der Waals surface area contributed by atoms with Crippen molar-refractivity contribution in [2.45, 2.75) is 6.92 Å². The number of para-hydroxylation sites is 1. The number of nitro groups is 1. The van der Waals surface area contributed by atoms with Gasteiger partial charge < -0.3 is 10.1 Å². The van der Waals surface area contributed by atoms with E-state index in [2.05, 4.69) is 9.97 Å². The molecule has 0 aliphatic heterocycles. The van der Waals surface area contributed by atoms with Crippen LogP contribution in [-0.4, -0.2) is 20.0 Å². The van der Waals surface area contributed by atoms with Crippen LogP contribution in [0.5, 0.6) is 5.75 Å². The monoisotopic (exact) mass is 320 g/mol. The fraction of sp³-hybridized carbons (Fsp3) is 0.0588. The summed E-state index contributed by atoms with van der Waals surface area (Å²) in [6.45, 7) is 1.95. The first-order valence-corrected chi connectivity index (χ1v) is 7.04. The Morgan fingerprint density at radius 2 is 2.21 bits per heavy atom. The number of phenols is 1. The Morgan fingerprint density at radius 3 is 2.92 bits per heavy atom. The van der Waals surface area contributed by atoms with Gasteiger partial charge in [-0.05, 0) is 30.7 Å². The third-order valence-corrected chi connectivity index (χ3v) is 3.56. The highest BCUT2D eigenvalue weighted by atomic mass is 16.6.